The molecule has 0 fully saturated rings. The molecule has 10 heteroatoms. The maximum Gasteiger partial charge on any atom is 0.387 e. The van der Waals surface area contributed by atoms with E-state index in [-0.39, 0.29) is 22.2 Å². The van der Waals surface area contributed by atoms with Crippen LogP contribution in [0.25, 0.3) is 11.5 Å². The van der Waals surface area contributed by atoms with Gasteiger partial charge in [-0.3, -0.25) is 0 Å². The summed E-state index contributed by atoms with van der Waals surface area (Å²) in [5.41, 5.74) is 1.09. The van der Waals surface area contributed by atoms with Gasteiger partial charge in [0, 0.05) is 28.3 Å². The Hall–Kier alpha value is -3.11. The van der Waals surface area contributed by atoms with E-state index in [1.807, 2.05) is 0 Å². The normalized spacial score (nSPS) is 11.9. The Labute approximate surface area is 191 Å². The van der Waals surface area contributed by atoms with Gasteiger partial charge in [0.2, 0.25) is 0 Å². The number of aliphatic hydroxyl groups excluding tert-OH is 1. The van der Waals surface area contributed by atoms with Crippen LogP contribution in [0.3, 0.4) is 0 Å². The topological polar surface area (TPSA) is 45.4 Å². The van der Waals surface area contributed by atoms with E-state index >= 15 is 0 Å². The number of ether oxygens (including phenoxy) is 1. The van der Waals surface area contributed by atoms with E-state index < -0.39 is 12.4 Å². The lowest BCUT2D eigenvalue weighted by Crippen LogP contribution is -2.38. The Morgan fingerprint density at radius 3 is 2.12 bits per heavy atom. The van der Waals surface area contributed by atoms with Gasteiger partial charge in [-0.15, -0.1) is 0 Å². The third kappa shape index (κ3) is 6.44. The summed E-state index contributed by atoms with van der Waals surface area (Å²) >= 11 is 5.93. The molecule has 3 aromatic rings. The molecule has 0 atom stereocenters. The van der Waals surface area contributed by atoms with Crippen molar-refractivity contribution in [3.05, 3.63) is 84.7 Å². The van der Waals surface area contributed by atoms with Gasteiger partial charge in [-0.05, 0) is 48.5 Å². The van der Waals surface area contributed by atoms with Gasteiger partial charge in [-0.1, -0.05) is 30.0 Å². The van der Waals surface area contributed by atoms with Crippen molar-refractivity contribution in [3.63, 3.8) is 0 Å². The van der Waals surface area contributed by atoms with Crippen LogP contribution in [0.2, 0.25) is 0 Å². The first-order chi connectivity index (χ1) is 15.3. The van der Waals surface area contributed by atoms with Crippen molar-refractivity contribution < 1.29 is 32.0 Å². The monoisotopic (exact) mass is 481 g/mol. The summed E-state index contributed by atoms with van der Waals surface area (Å²) in [6.07, 6.45) is 3.35. The van der Waals surface area contributed by atoms with Gasteiger partial charge in [0.25, 0.3) is 11.5 Å². The van der Waals surface area contributed by atoms with Crippen LogP contribution in [0.15, 0.2) is 84.0 Å². The van der Waals surface area contributed by atoms with Gasteiger partial charge < -0.3 is 15.2 Å². The van der Waals surface area contributed by atoms with Crippen LogP contribution in [0, 0.1) is 0 Å². The van der Waals surface area contributed by atoms with E-state index in [1.54, 1.807) is 47.3 Å². The minimum atomic E-state index is -2.96. The van der Waals surface area contributed by atoms with Crippen LogP contribution in [0.4, 0.5) is 23.2 Å². The number of rotatable bonds is 8. The lowest BCUT2D eigenvalue weighted by molar-refractivity contribution is -0.575. The average molecular weight is 482 g/mol. The number of aliphatic hydroxyl groups is 1. The second kappa shape index (κ2) is 11.0. The second-order valence-corrected chi connectivity index (χ2v) is 7.71. The fraction of sp³-hybridized carbons (Fsp3) is 0.0909. The molecule has 1 aromatic heterocycles. The molecule has 32 heavy (non-hydrogen) atoms. The molecule has 166 valence electrons. The van der Waals surface area contributed by atoms with Crippen LogP contribution in [0.1, 0.15) is 5.56 Å². The number of aromatic nitrogens is 1. The van der Waals surface area contributed by atoms with Gasteiger partial charge in [-0.2, -0.15) is 22.1 Å². The number of hydrogen-bond donors (Lipinski definition) is 2. The molecule has 3 rings (SSSR count). The summed E-state index contributed by atoms with van der Waals surface area (Å²) in [4.78, 5) is 0.555. The van der Waals surface area contributed by atoms with Crippen molar-refractivity contribution in [1.82, 2.24) is 0 Å². The number of hydrogen-bond acceptors (Lipinski definition) is 4. The average Bonchev–Trinajstić information content (AvgIpc) is 2.76. The number of nitrogens with one attached hydrogen (secondary N) is 1. The number of thiocarbonyl (C=S) groups is 1. The maximum absolute atomic E-state index is 12.5. The van der Waals surface area contributed by atoms with E-state index in [0.29, 0.717) is 27.9 Å². The Morgan fingerprint density at radius 2 is 1.56 bits per heavy atom. The summed E-state index contributed by atoms with van der Waals surface area (Å²) < 4.78 is 55.7. The Morgan fingerprint density at radius 1 is 0.938 bits per heavy atom. The molecule has 0 aliphatic rings. The van der Waals surface area contributed by atoms with Gasteiger partial charge in [0.05, 0.1) is 0 Å². The van der Waals surface area contributed by atoms with E-state index in [4.69, 9.17) is 12.2 Å². The predicted molar refractivity (Wildman–Crippen MR) is 120 cm³/mol. The zero-order chi connectivity index (χ0) is 23.1. The summed E-state index contributed by atoms with van der Waals surface area (Å²) in [7, 11) is 0. The van der Waals surface area contributed by atoms with E-state index in [2.05, 4.69) is 10.1 Å². The fourth-order valence-electron chi connectivity index (χ4n) is 2.74. The molecular weight excluding hydrogens is 464 g/mol. The van der Waals surface area contributed by atoms with Crippen molar-refractivity contribution in [2.45, 2.75) is 17.3 Å². The van der Waals surface area contributed by atoms with E-state index in [0.717, 1.165) is 0 Å². The molecule has 0 unspecified atom stereocenters. The van der Waals surface area contributed by atoms with Crippen LogP contribution in [0.5, 0.6) is 5.75 Å². The van der Waals surface area contributed by atoms with Crippen molar-refractivity contribution in [3.8, 4) is 5.75 Å². The second-order valence-electron chi connectivity index (χ2n) is 6.24. The van der Waals surface area contributed by atoms with Crippen molar-refractivity contribution in [2.75, 3.05) is 5.32 Å². The van der Waals surface area contributed by atoms with Crippen molar-refractivity contribution in [1.29, 1.82) is 0 Å². The van der Waals surface area contributed by atoms with Crippen LogP contribution >= 0.6 is 24.0 Å². The molecule has 0 radical (unpaired) electrons. The molecule has 0 saturated carbocycles. The number of thioether (sulfide) groups is 1. The maximum atomic E-state index is 12.5. The third-order valence-corrected chi connectivity index (χ3v) is 5.12. The van der Waals surface area contributed by atoms with E-state index in [1.165, 1.54) is 36.4 Å². The lowest BCUT2D eigenvalue weighted by Gasteiger charge is -2.11. The summed E-state index contributed by atoms with van der Waals surface area (Å²) in [5, 5.41) is 13.9. The molecule has 0 saturated heterocycles. The van der Waals surface area contributed by atoms with Crippen molar-refractivity contribution in [2.24, 2.45) is 0 Å². The number of halogens is 4. The number of anilines is 1. The number of nitrogens with zero attached hydrogens (tertiary/aromatic N) is 1. The fourth-order valence-corrected chi connectivity index (χ4v) is 3.55. The predicted octanol–water partition coefficient (Wildman–Crippen LogP) is 6.21. The summed E-state index contributed by atoms with van der Waals surface area (Å²) in [6, 6.07) is 17.0. The molecular formula is C22H17F4N2O2S2+. The highest BCUT2D eigenvalue weighted by Crippen LogP contribution is 2.27. The number of pyridine rings is 1. The molecule has 4 nitrogen and oxygen atoms in total. The molecule has 0 aliphatic heterocycles. The largest absolute Gasteiger partial charge is 0.502 e. The summed E-state index contributed by atoms with van der Waals surface area (Å²) in [6.45, 7) is -2.96. The minimum Gasteiger partial charge on any atom is -0.502 e. The van der Waals surface area contributed by atoms with Crippen molar-refractivity contribution >= 4 is 46.1 Å². The molecule has 2 aromatic carbocycles. The first-order valence-electron chi connectivity index (χ1n) is 9.15. The van der Waals surface area contributed by atoms with Crippen LogP contribution in [-0.4, -0.2) is 22.5 Å². The Balaban J connectivity index is 1.91. The lowest BCUT2D eigenvalue weighted by atomic mass is 10.1. The van der Waals surface area contributed by atoms with Gasteiger partial charge >= 0.3 is 6.61 Å². The SMILES string of the molecule is OC(=C(C(=S)Nc1ccc(SC(F)F)cc1)[n+]1ccccc1)c1ccc(OC(F)F)cc1. The highest BCUT2D eigenvalue weighted by Gasteiger charge is 2.24. The van der Waals surface area contributed by atoms with Crippen LogP contribution < -0.4 is 14.6 Å². The highest BCUT2D eigenvalue weighted by atomic mass is 32.2. The molecule has 0 spiro atoms. The van der Waals surface area contributed by atoms with Gasteiger partial charge in [0.1, 0.15) is 5.75 Å². The first-order valence-corrected chi connectivity index (χ1v) is 10.4. The van der Waals surface area contributed by atoms with Gasteiger partial charge in [-0.25, -0.2) is 0 Å². The zero-order valence-electron chi connectivity index (χ0n) is 16.3. The third-order valence-electron chi connectivity index (χ3n) is 4.10. The number of alkyl halides is 4. The molecule has 1 heterocycles. The molecule has 2 N–H and O–H groups in total. The Bertz CT molecular complexity index is 1080. The molecule has 0 aliphatic carbocycles. The quantitative estimate of drug-likeness (QED) is 0.1000. The smallest absolute Gasteiger partial charge is 0.387 e. The highest BCUT2D eigenvalue weighted by molar-refractivity contribution is 7.99. The summed E-state index contributed by atoms with van der Waals surface area (Å²) in [5.74, 6) is -2.77. The standard InChI is InChI=1S/C22H16F4N2O2S2/c23-21(24)30-16-8-4-14(5-9-16)19(29)18(28-12-2-1-3-13-28)20(31)27-15-6-10-17(11-7-15)32-22(25)26/h1-13,21-22H,(H-,27,29,31)/p+1. The minimum absolute atomic E-state index is 0.0482. The first kappa shape index (κ1) is 23.6. The van der Waals surface area contributed by atoms with Crippen LogP contribution in [-0.2, 0) is 0 Å². The van der Waals surface area contributed by atoms with Gasteiger partial charge in [0.15, 0.2) is 23.1 Å². The van der Waals surface area contributed by atoms with E-state index in [9.17, 15) is 22.7 Å². The Kier molecular flexibility index (Phi) is 8.07. The molecule has 0 bridgehead atoms. The molecule has 0 amide bonds. The number of benzene rings is 2. The zero-order valence-corrected chi connectivity index (χ0v) is 17.9.